The molecule has 20 heavy (non-hydrogen) atoms. The predicted octanol–water partition coefficient (Wildman–Crippen LogP) is 4.06. The van der Waals surface area contributed by atoms with E-state index in [2.05, 4.69) is 26.0 Å². The zero-order valence-electron chi connectivity index (χ0n) is 10.6. The molecule has 7 heteroatoms. The van der Waals surface area contributed by atoms with E-state index in [9.17, 15) is 18.3 Å². The summed E-state index contributed by atoms with van der Waals surface area (Å²) in [5.41, 5.74) is 0.233. The van der Waals surface area contributed by atoms with E-state index in [-0.39, 0.29) is 17.5 Å². The second-order valence-electron chi connectivity index (χ2n) is 4.79. The van der Waals surface area contributed by atoms with Gasteiger partial charge in [-0.25, -0.2) is 0 Å². The van der Waals surface area contributed by atoms with E-state index in [0.29, 0.717) is 10.9 Å². The number of nitrogens with one attached hydrogen (secondary N) is 1. The van der Waals surface area contributed by atoms with Gasteiger partial charge in [0.25, 0.3) is 0 Å². The van der Waals surface area contributed by atoms with Crippen LogP contribution in [0.25, 0.3) is 0 Å². The minimum Gasteiger partial charge on any atom is -0.404 e. The molecule has 3 nitrogen and oxygen atoms in total. The van der Waals surface area contributed by atoms with Crippen LogP contribution in [0.1, 0.15) is 25.7 Å². The van der Waals surface area contributed by atoms with E-state index in [4.69, 9.17) is 0 Å². The molecule has 0 spiro atoms. The van der Waals surface area contributed by atoms with Gasteiger partial charge < -0.3 is 15.2 Å². The van der Waals surface area contributed by atoms with Gasteiger partial charge in [-0.05, 0) is 31.0 Å². The zero-order chi connectivity index (χ0) is 14.8. The van der Waals surface area contributed by atoms with Crippen LogP contribution in [0.5, 0.6) is 5.75 Å². The standard InChI is InChI=1S/C13H15BrF3NO2/c14-8-5-6-10(12(7-8)20-13(15,16)17)18-9-3-1-2-4-11(9)19/h5-7,9,11,18-19H,1-4H2. The van der Waals surface area contributed by atoms with Crippen LogP contribution in [0.4, 0.5) is 18.9 Å². The molecule has 112 valence electrons. The second-order valence-corrected chi connectivity index (χ2v) is 5.71. The number of hydrogen-bond donors (Lipinski definition) is 2. The smallest absolute Gasteiger partial charge is 0.404 e. The highest BCUT2D eigenvalue weighted by Gasteiger charge is 2.33. The van der Waals surface area contributed by atoms with Gasteiger partial charge in [0.1, 0.15) is 0 Å². The molecule has 0 bridgehead atoms. The number of rotatable bonds is 3. The molecule has 1 aliphatic carbocycles. The van der Waals surface area contributed by atoms with Crippen LogP contribution in [-0.4, -0.2) is 23.6 Å². The molecule has 0 saturated heterocycles. The first kappa shape index (κ1) is 15.4. The summed E-state index contributed by atoms with van der Waals surface area (Å²) < 4.78 is 41.7. The summed E-state index contributed by atoms with van der Waals surface area (Å²) in [7, 11) is 0. The van der Waals surface area contributed by atoms with Gasteiger partial charge in [0.05, 0.1) is 17.8 Å². The minimum absolute atomic E-state index is 0.233. The first-order valence-corrected chi connectivity index (χ1v) is 7.14. The molecule has 0 aliphatic heterocycles. The fraction of sp³-hybridized carbons (Fsp3) is 0.538. The lowest BCUT2D eigenvalue weighted by atomic mass is 9.92. The van der Waals surface area contributed by atoms with Crippen molar-refractivity contribution in [1.82, 2.24) is 0 Å². The molecule has 1 aliphatic rings. The number of anilines is 1. The lowest BCUT2D eigenvalue weighted by molar-refractivity contribution is -0.274. The number of ether oxygens (including phenoxy) is 1. The maximum atomic E-state index is 12.4. The number of benzene rings is 1. The number of hydrogen-bond acceptors (Lipinski definition) is 3. The van der Waals surface area contributed by atoms with Crippen molar-refractivity contribution in [3.63, 3.8) is 0 Å². The van der Waals surface area contributed by atoms with E-state index < -0.39 is 12.5 Å². The lowest BCUT2D eigenvalue weighted by Crippen LogP contribution is -2.36. The van der Waals surface area contributed by atoms with Gasteiger partial charge >= 0.3 is 6.36 Å². The van der Waals surface area contributed by atoms with Crippen LogP contribution in [0, 0.1) is 0 Å². The van der Waals surface area contributed by atoms with Crippen molar-refractivity contribution in [2.24, 2.45) is 0 Å². The van der Waals surface area contributed by atoms with Crippen molar-refractivity contribution < 1.29 is 23.0 Å². The summed E-state index contributed by atoms with van der Waals surface area (Å²) in [6.45, 7) is 0. The molecule has 0 heterocycles. The monoisotopic (exact) mass is 353 g/mol. The Morgan fingerprint density at radius 3 is 2.60 bits per heavy atom. The Kier molecular flexibility index (Phi) is 4.80. The van der Waals surface area contributed by atoms with E-state index >= 15 is 0 Å². The minimum atomic E-state index is -4.75. The van der Waals surface area contributed by atoms with Crippen LogP contribution in [0.2, 0.25) is 0 Å². The van der Waals surface area contributed by atoms with E-state index in [1.165, 1.54) is 12.1 Å². The van der Waals surface area contributed by atoms with Gasteiger partial charge in [-0.2, -0.15) is 0 Å². The predicted molar refractivity (Wildman–Crippen MR) is 72.7 cm³/mol. The fourth-order valence-electron chi connectivity index (χ4n) is 2.30. The van der Waals surface area contributed by atoms with Crippen molar-refractivity contribution in [2.45, 2.75) is 44.2 Å². The summed E-state index contributed by atoms with van der Waals surface area (Å²) in [4.78, 5) is 0. The summed E-state index contributed by atoms with van der Waals surface area (Å²) in [6.07, 6.45) is -2.03. The largest absolute Gasteiger partial charge is 0.573 e. The molecule has 2 N–H and O–H groups in total. The van der Waals surface area contributed by atoms with Crippen molar-refractivity contribution in [2.75, 3.05) is 5.32 Å². The zero-order valence-corrected chi connectivity index (χ0v) is 12.2. The van der Waals surface area contributed by atoms with Gasteiger partial charge in [-0.3, -0.25) is 0 Å². The van der Waals surface area contributed by atoms with E-state index in [1.807, 2.05) is 0 Å². The van der Waals surface area contributed by atoms with Gasteiger partial charge in [-0.1, -0.05) is 28.8 Å². The molecular formula is C13H15BrF3NO2. The van der Waals surface area contributed by atoms with Crippen LogP contribution in [-0.2, 0) is 0 Å². The van der Waals surface area contributed by atoms with Gasteiger partial charge in [0.2, 0.25) is 0 Å². The number of aliphatic hydroxyl groups is 1. The molecule has 2 unspecified atom stereocenters. The number of alkyl halides is 3. The molecule has 1 aromatic carbocycles. The Morgan fingerprint density at radius 2 is 1.95 bits per heavy atom. The van der Waals surface area contributed by atoms with E-state index in [1.54, 1.807) is 6.07 Å². The highest BCUT2D eigenvalue weighted by Crippen LogP contribution is 2.34. The van der Waals surface area contributed by atoms with Crippen LogP contribution in [0.15, 0.2) is 22.7 Å². The summed E-state index contributed by atoms with van der Waals surface area (Å²) in [6, 6.07) is 4.14. The van der Waals surface area contributed by atoms with Crippen molar-refractivity contribution in [3.05, 3.63) is 22.7 Å². The molecule has 1 aromatic rings. The quantitative estimate of drug-likeness (QED) is 0.860. The molecular weight excluding hydrogens is 339 g/mol. The average molecular weight is 354 g/mol. The molecule has 2 rings (SSSR count). The fourth-order valence-corrected chi connectivity index (χ4v) is 2.64. The first-order valence-electron chi connectivity index (χ1n) is 6.35. The molecule has 0 aromatic heterocycles. The highest BCUT2D eigenvalue weighted by atomic mass is 79.9. The Bertz CT molecular complexity index is 467. The normalized spacial score (nSPS) is 23.4. The molecule has 1 saturated carbocycles. The Morgan fingerprint density at radius 1 is 1.25 bits per heavy atom. The first-order chi connectivity index (χ1) is 9.35. The third-order valence-corrected chi connectivity index (χ3v) is 3.73. The van der Waals surface area contributed by atoms with Crippen LogP contribution in [0.3, 0.4) is 0 Å². The third kappa shape index (κ3) is 4.28. The number of halogens is 4. The number of aliphatic hydroxyl groups excluding tert-OH is 1. The van der Waals surface area contributed by atoms with Crippen molar-refractivity contribution >= 4 is 21.6 Å². The molecule has 0 amide bonds. The maximum absolute atomic E-state index is 12.4. The lowest BCUT2D eigenvalue weighted by Gasteiger charge is -2.30. The summed E-state index contributed by atoms with van der Waals surface area (Å²) in [5, 5.41) is 12.8. The molecule has 1 fully saturated rings. The van der Waals surface area contributed by atoms with Crippen molar-refractivity contribution in [1.29, 1.82) is 0 Å². The maximum Gasteiger partial charge on any atom is 0.573 e. The molecule has 0 radical (unpaired) electrons. The van der Waals surface area contributed by atoms with Gasteiger partial charge in [0.15, 0.2) is 5.75 Å². The average Bonchev–Trinajstić information content (AvgIpc) is 2.33. The van der Waals surface area contributed by atoms with Gasteiger partial charge in [0, 0.05) is 4.47 Å². The molecule has 2 atom stereocenters. The summed E-state index contributed by atoms with van der Waals surface area (Å²) in [5.74, 6) is -0.301. The van der Waals surface area contributed by atoms with Crippen LogP contribution >= 0.6 is 15.9 Å². The Hall–Kier alpha value is -0.950. The second kappa shape index (κ2) is 6.22. The van der Waals surface area contributed by atoms with Crippen LogP contribution < -0.4 is 10.1 Å². The Labute approximate surface area is 123 Å². The highest BCUT2D eigenvalue weighted by molar-refractivity contribution is 9.10. The summed E-state index contributed by atoms with van der Waals surface area (Å²) >= 11 is 3.12. The third-order valence-electron chi connectivity index (χ3n) is 3.24. The SMILES string of the molecule is OC1CCCCC1Nc1ccc(Br)cc1OC(F)(F)F. The van der Waals surface area contributed by atoms with E-state index in [0.717, 1.165) is 19.3 Å². The van der Waals surface area contributed by atoms with Gasteiger partial charge in [-0.15, -0.1) is 13.2 Å². The van der Waals surface area contributed by atoms with Crippen molar-refractivity contribution in [3.8, 4) is 5.75 Å². The Balaban J connectivity index is 2.17. The topological polar surface area (TPSA) is 41.5 Å².